The molecule has 0 aromatic heterocycles. The predicted octanol–water partition coefficient (Wildman–Crippen LogP) is 0.887. The molecule has 4 nitrogen and oxygen atoms in total. The fraction of sp³-hybridized carbons (Fsp3) is 0.417. The van der Waals surface area contributed by atoms with Gasteiger partial charge in [-0.15, -0.1) is 0 Å². The monoisotopic (exact) mass is 222 g/mol. The Morgan fingerprint density at radius 3 is 2.56 bits per heavy atom. The van der Waals surface area contributed by atoms with Crippen LogP contribution >= 0.6 is 0 Å². The molecule has 88 valence electrons. The topological polar surface area (TPSA) is 75.3 Å². The van der Waals surface area contributed by atoms with E-state index in [9.17, 15) is 4.79 Å². The van der Waals surface area contributed by atoms with Crippen molar-refractivity contribution in [3.8, 4) is 0 Å². The van der Waals surface area contributed by atoms with Gasteiger partial charge >= 0.3 is 5.97 Å². The first-order valence-electron chi connectivity index (χ1n) is 5.35. The molecule has 4 heteroatoms. The Hall–Kier alpha value is -1.39. The van der Waals surface area contributed by atoms with Gasteiger partial charge in [0.05, 0.1) is 0 Å². The van der Waals surface area contributed by atoms with Crippen molar-refractivity contribution in [2.45, 2.75) is 25.9 Å². The van der Waals surface area contributed by atoms with Crippen LogP contribution in [0.3, 0.4) is 0 Å². The first kappa shape index (κ1) is 12.7. The summed E-state index contributed by atoms with van der Waals surface area (Å²) in [6, 6.07) is 7.44. The van der Waals surface area contributed by atoms with Gasteiger partial charge in [-0.3, -0.25) is 4.79 Å². The van der Waals surface area contributed by atoms with Crippen LogP contribution < -0.4 is 11.1 Å². The van der Waals surface area contributed by atoms with Gasteiger partial charge in [0.25, 0.3) is 0 Å². The first-order chi connectivity index (χ1) is 7.63. The van der Waals surface area contributed by atoms with Crippen molar-refractivity contribution < 1.29 is 9.90 Å². The highest BCUT2D eigenvalue weighted by atomic mass is 16.4. The lowest BCUT2D eigenvalue weighted by Gasteiger charge is -2.13. The molecule has 1 aromatic carbocycles. The molecule has 0 saturated carbocycles. The zero-order valence-electron chi connectivity index (χ0n) is 9.44. The average molecular weight is 222 g/mol. The van der Waals surface area contributed by atoms with Crippen LogP contribution in [0.15, 0.2) is 24.3 Å². The second-order valence-corrected chi connectivity index (χ2v) is 3.83. The van der Waals surface area contributed by atoms with E-state index in [2.05, 4.69) is 5.32 Å². The minimum absolute atomic E-state index is 0.373. The van der Waals surface area contributed by atoms with Gasteiger partial charge in [0.1, 0.15) is 6.04 Å². The number of carboxylic acids is 1. The largest absolute Gasteiger partial charge is 0.480 e. The second-order valence-electron chi connectivity index (χ2n) is 3.83. The second kappa shape index (κ2) is 6.25. The van der Waals surface area contributed by atoms with E-state index >= 15 is 0 Å². The third-order valence-electron chi connectivity index (χ3n) is 2.43. The molecule has 4 N–H and O–H groups in total. The van der Waals surface area contributed by atoms with Gasteiger partial charge in [-0.25, -0.2) is 0 Å². The molecule has 1 aromatic rings. The van der Waals surface area contributed by atoms with Crippen molar-refractivity contribution >= 4 is 5.97 Å². The highest BCUT2D eigenvalue weighted by Crippen LogP contribution is 2.03. The molecule has 0 radical (unpaired) electrons. The molecule has 0 bridgehead atoms. The molecule has 1 unspecified atom stereocenters. The molecule has 0 aliphatic rings. The average Bonchev–Trinajstić information content (AvgIpc) is 2.26. The van der Waals surface area contributed by atoms with Crippen LogP contribution in [-0.2, 0) is 11.3 Å². The van der Waals surface area contributed by atoms with E-state index in [1.165, 1.54) is 5.56 Å². The Morgan fingerprint density at radius 1 is 1.44 bits per heavy atom. The standard InChI is InChI=1S/C12H18N2O2/c1-9-2-4-10(5-3-9)8-14-11(6-7-13)12(15)16/h2-5,11,14H,6-8,13H2,1H3,(H,15,16). The summed E-state index contributed by atoms with van der Waals surface area (Å²) < 4.78 is 0. The van der Waals surface area contributed by atoms with Gasteiger partial charge in [-0.05, 0) is 25.5 Å². The van der Waals surface area contributed by atoms with E-state index in [1.54, 1.807) is 0 Å². The number of hydrogen-bond donors (Lipinski definition) is 3. The zero-order valence-corrected chi connectivity index (χ0v) is 9.44. The van der Waals surface area contributed by atoms with Crippen LogP contribution in [0.1, 0.15) is 17.5 Å². The van der Waals surface area contributed by atoms with E-state index in [1.807, 2.05) is 31.2 Å². The third kappa shape index (κ3) is 4.00. The van der Waals surface area contributed by atoms with Crippen LogP contribution in [0.2, 0.25) is 0 Å². The van der Waals surface area contributed by atoms with Crippen LogP contribution in [0.25, 0.3) is 0 Å². The van der Waals surface area contributed by atoms with E-state index in [4.69, 9.17) is 10.8 Å². The van der Waals surface area contributed by atoms with Crippen molar-refractivity contribution in [3.05, 3.63) is 35.4 Å². The van der Waals surface area contributed by atoms with Gasteiger partial charge in [0.2, 0.25) is 0 Å². The van der Waals surface area contributed by atoms with E-state index in [-0.39, 0.29) is 0 Å². The Morgan fingerprint density at radius 2 is 2.06 bits per heavy atom. The maximum atomic E-state index is 10.8. The highest BCUT2D eigenvalue weighted by Gasteiger charge is 2.14. The smallest absolute Gasteiger partial charge is 0.320 e. The molecular formula is C12H18N2O2. The number of benzene rings is 1. The predicted molar refractivity (Wildman–Crippen MR) is 63.1 cm³/mol. The Labute approximate surface area is 95.5 Å². The summed E-state index contributed by atoms with van der Waals surface area (Å²) in [6.45, 7) is 2.95. The molecule has 0 saturated heterocycles. The maximum absolute atomic E-state index is 10.8. The quantitative estimate of drug-likeness (QED) is 0.668. The van der Waals surface area contributed by atoms with Crippen LogP contribution in [0, 0.1) is 6.92 Å². The number of nitrogens with two attached hydrogens (primary N) is 1. The number of carbonyl (C=O) groups is 1. The van der Waals surface area contributed by atoms with Crippen molar-refractivity contribution in [1.29, 1.82) is 0 Å². The summed E-state index contributed by atoms with van der Waals surface area (Å²) in [5.74, 6) is -0.849. The van der Waals surface area contributed by atoms with Crippen LogP contribution in [0.5, 0.6) is 0 Å². The lowest BCUT2D eigenvalue weighted by molar-refractivity contribution is -0.139. The van der Waals surface area contributed by atoms with Gasteiger partial charge in [0.15, 0.2) is 0 Å². The molecular weight excluding hydrogens is 204 g/mol. The van der Waals surface area contributed by atoms with E-state index < -0.39 is 12.0 Å². The number of rotatable bonds is 6. The Kier molecular flexibility index (Phi) is 4.95. The highest BCUT2D eigenvalue weighted by molar-refractivity contribution is 5.73. The van der Waals surface area contributed by atoms with Crippen molar-refractivity contribution in [2.24, 2.45) is 5.73 Å². The lowest BCUT2D eigenvalue weighted by Crippen LogP contribution is -2.37. The zero-order chi connectivity index (χ0) is 12.0. The van der Waals surface area contributed by atoms with Gasteiger partial charge in [0, 0.05) is 6.54 Å². The van der Waals surface area contributed by atoms with E-state index in [0.29, 0.717) is 19.5 Å². The fourth-order valence-corrected chi connectivity index (χ4v) is 1.43. The number of nitrogens with one attached hydrogen (secondary N) is 1. The molecule has 1 rings (SSSR count). The number of hydrogen-bond acceptors (Lipinski definition) is 3. The molecule has 0 spiro atoms. The van der Waals surface area contributed by atoms with Crippen molar-refractivity contribution in [1.82, 2.24) is 5.32 Å². The Balaban J connectivity index is 2.48. The lowest BCUT2D eigenvalue weighted by atomic mass is 10.1. The van der Waals surface area contributed by atoms with Gasteiger partial charge < -0.3 is 16.2 Å². The number of aliphatic carboxylic acids is 1. The molecule has 0 fully saturated rings. The summed E-state index contributed by atoms with van der Waals surface area (Å²) in [6.07, 6.45) is 0.446. The van der Waals surface area contributed by atoms with E-state index in [0.717, 1.165) is 5.56 Å². The minimum Gasteiger partial charge on any atom is -0.480 e. The van der Waals surface area contributed by atoms with Gasteiger partial charge in [-0.1, -0.05) is 29.8 Å². The Bertz CT molecular complexity index is 335. The molecule has 0 amide bonds. The molecule has 0 aliphatic carbocycles. The molecule has 1 atom stereocenters. The SMILES string of the molecule is Cc1ccc(CNC(CCN)C(=O)O)cc1. The summed E-state index contributed by atoms with van der Waals surface area (Å²) in [5, 5.41) is 11.9. The fourth-order valence-electron chi connectivity index (χ4n) is 1.43. The van der Waals surface area contributed by atoms with Crippen molar-refractivity contribution in [3.63, 3.8) is 0 Å². The minimum atomic E-state index is -0.849. The van der Waals surface area contributed by atoms with Crippen LogP contribution in [0.4, 0.5) is 0 Å². The molecule has 0 aliphatic heterocycles. The van der Waals surface area contributed by atoms with Crippen molar-refractivity contribution in [2.75, 3.05) is 6.54 Å². The molecule has 0 heterocycles. The summed E-state index contributed by atoms with van der Waals surface area (Å²) in [4.78, 5) is 10.8. The number of aryl methyl sites for hydroxylation is 1. The number of carboxylic acid groups (broad SMARTS) is 1. The third-order valence-corrected chi connectivity index (χ3v) is 2.43. The molecule has 16 heavy (non-hydrogen) atoms. The normalized spacial score (nSPS) is 12.4. The van der Waals surface area contributed by atoms with Gasteiger partial charge in [-0.2, -0.15) is 0 Å². The summed E-state index contributed by atoms with van der Waals surface area (Å²) in [5.41, 5.74) is 7.63. The summed E-state index contributed by atoms with van der Waals surface area (Å²) >= 11 is 0. The van der Waals surface area contributed by atoms with Crippen LogP contribution in [-0.4, -0.2) is 23.7 Å². The maximum Gasteiger partial charge on any atom is 0.320 e. The summed E-state index contributed by atoms with van der Waals surface area (Å²) in [7, 11) is 0. The first-order valence-corrected chi connectivity index (χ1v) is 5.35.